The SMILES string of the molecule is O=S1(=O)CCC(NC(=S)NN=Cc2ccc(-c3cccc(Cl)c3)o2)C1. The second kappa shape index (κ2) is 7.55. The number of benzene rings is 1. The van der Waals surface area contributed by atoms with Crippen LogP contribution in [-0.4, -0.2) is 37.3 Å². The van der Waals surface area contributed by atoms with Crippen LogP contribution in [0.5, 0.6) is 0 Å². The molecule has 1 atom stereocenters. The van der Waals surface area contributed by atoms with Gasteiger partial charge in [-0.05, 0) is 42.9 Å². The zero-order valence-electron chi connectivity index (χ0n) is 13.1. The van der Waals surface area contributed by atoms with Gasteiger partial charge in [-0.25, -0.2) is 8.42 Å². The van der Waals surface area contributed by atoms with E-state index in [1.807, 2.05) is 24.3 Å². The van der Waals surface area contributed by atoms with Crippen molar-refractivity contribution in [1.82, 2.24) is 10.7 Å². The summed E-state index contributed by atoms with van der Waals surface area (Å²) in [5, 5.41) is 7.85. The highest BCUT2D eigenvalue weighted by molar-refractivity contribution is 7.91. The van der Waals surface area contributed by atoms with Crippen LogP contribution in [0.1, 0.15) is 12.2 Å². The van der Waals surface area contributed by atoms with E-state index in [2.05, 4.69) is 15.8 Å². The van der Waals surface area contributed by atoms with Gasteiger partial charge in [0.2, 0.25) is 0 Å². The van der Waals surface area contributed by atoms with Crippen molar-refractivity contribution in [3.05, 3.63) is 47.2 Å². The Labute approximate surface area is 156 Å². The Balaban J connectivity index is 1.53. The zero-order chi connectivity index (χ0) is 17.9. The molecule has 1 aliphatic rings. The van der Waals surface area contributed by atoms with Crippen LogP contribution in [0.15, 0.2) is 45.9 Å². The number of nitrogens with zero attached hydrogens (tertiary/aromatic N) is 1. The minimum absolute atomic E-state index is 0.0969. The van der Waals surface area contributed by atoms with Gasteiger partial charge in [0.1, 0.15) is 11.5 Å². The van der Waals surface area contributed by atoms with Crippen molar-refractivity contribution in [3.63, 3.8) is 0 Å². The van der Waals surface area contributed by atoms with E-state index in [4.69, 9.17) is 28.2 Å². The van der Waals surface area contributed by atoms with Crippen molar-refractivity contribution in [1.29, 1.82) is 0 Å². The Morgan fingerprint density at radius 3 is 2.92 bits per heavy atom. The number of rotatable bonds is 4. The molecule has 1 aliphatic heterocycles. The summed E-state index contributed by atoms with van der Waals surface area (Å²) in [6.45, 7) is 0. The van der Waals surface area contributed by atoms with Crippen LogP contribution in [0.2, 0.25) is 5.02 Å². The van der Waals surface area contributed by atoms with E-state index in [0.717, 1.165) is 5.56 Å². The van der Waals surface area contributed by atoms with Gasteiger partial charge < -0.3 is 9.73 Å². The lowest BCUT2D eigenvalue weighted by molar-refractivity contribution is 0.574. The lowest BCUT2D eigenvalue weighted by atomic mass is 10.2. The van der Waals surface area contributed by atoms with E-state index in [9.17, 15) is 8.42 Å². The average molecular weight is 398 g/mol. The second-order valence-corrected chi connectivity index (χ2v) is 8.73. The normalized spacial score (nSPS) is 19.2. The van der Waals surface area contributed by atoms with Crippen LogP contribution < -0.4 is 10.7 Å². The van der Waals surface area contributed by atoms with Crippen LogP contribution in [0, 0.1) is 0 Å². The van der Waals surface area contributed by atoms with Crippen LogP contribution in [0.3, 0.4) is 0 Å². The van der Waals surface area contributed by atoms with Crippen LogP contribution in [-0.2, 0) is 9.84 Å². The highest BCUT2D eigenvalue weighted by Gasteiger charge is 2.28. The average Bonchev–Trinajstić information content (AvgIpc) is 3.14. The number of hydrogen-bond acceptors (Lipinski definition) is 5. The summed E-state index contributed by atoms with van der Waals surface area (Å²) in [6.07, 6.45) is 2.04. The maximum atomic E-state index is 11.4. The van der Waals surface area contributed by atoms with Crippen molar-refractivity contribution in [2.75, 3.05) is 11.5 Å². The first-order valence-electron chi connectivity index (χ1n) is 7.57. The maximum absolute atomic E-state index is 11.4. The molecule has 0 radical (unpaired) electrons. The quantitative estimate of drug-likeness (QED) is 0.468. The maximum Gasteiger partial charge on any atom is 0.187 e. The predicted octanol–water partition coefficient (Wildman–Crippen LogP) is 2.59. The predicted molar refractivity (Wildman–Crippen MR) is 103 cm³/mol. The fourth-order valence-electron chi connectivity index (χ4n) is 2.50. The summed E-state index contributed by atoms with van der Waals surface area (Å²) in [4.78, 5) is 0. The Bertz CT molecular complexity index is 909. The topological polar surface area (TPSA) is 83.7 Å². The minimum atomic E-state index is -2.94. The third-order valence-electron chi connectivity index (χ3n) is 3.66. The molecule has 1 aromatic heterocycles. The molecule has 0 saturated carbocycles. The molecule has 0 bridgehead atoms. The van der Waals surface area contributed by atoms with E-state index < -0.39 is 9.84 Å². The first-order chi connectivity index (χ1) is 11.9. The van der Waals surface area contributed by atoms with Crippen molar-refractivity contribution >= 4 is 45.0 Å². The summed E-state index contributed by atoms with van der Waals surface area (Å²) in [5.74, 6) is 1.52. The lowest BCUT2D eigenvalue weighted by Gasteiger charge is -2.11. The third-order valence-corrected chi connectivity index (χ3v) is 5.87. The van der Waals surface area contributed by atoms with Gasteiger partial charge in [-0.2, -0.15) is 5.10 Å². The number of halogens is 1. The summed E-state index contributed by atoms with van der Waals surface area (Å²) in [7, 11) is -2.94. The number of sulfone groups is 1. The Morgan fingerprint density at radius 2 is 2.20 bits per heavy atom. The van der Waals surface area contributed by atoms with Crippen molar-refractivity contribution < 1.29 is 12.8 Å². The number of hydrogen-bond donors (Lipinski definition) is 2. The highest BCUT2D eigenvalue weighted by Crippen LogP contribution is 2.24. The van der Waals surface area contributed by atoms with E-state index >= 15 is 0 Å². The molecule has 1 saturated heterocycles. The van der Waals surface area contributed by atoms with Gasteiger partial charge in [0.15, 0.2) is 14.9 Å². The molecule has 0 spiro atoms. The molecule has 1 fully saturated rings. The van der Waals surface area contributed by atoms with Gasteiger partial charge in [0.05, 0.1) is 17.7 Å². The molecule has 6 nitrogen and oxygen atoms in total. The number of hydrazone groups is 1. The summed E-state index contributed by atoms with van der Waals surface area (Å²) >= 11 is 11.1. The van der Waals surface area contributed by atoms with Gasteiger partial charge in [-0.1, -0.05) is 23.7 Å². The third kappa shape index (κ3) is 5.04. The fourth-order valence-corrected chi connectivity index (χ4v) is 4.58. The van der Waals surface area contributed by atoms with E-state index in [0.29, 0.717) is 23.0 Å². The van der Waals surface area contributed by atoms with Crippen molar-refractivity contribution in [2.45, 2.75) is 12.5 Å². The van der Waals surface area contributed by atoms with Gasteiger partial charge in [-0.3, -0.25) is 5.43 Å². The van der Waals surface area contributed by atoms with Gasteiger partial charge in [0.25, 0.3) is 0 Å². The Morgan fingerprint density at radius 1 is 1.36 bits per heavy atom. The van der Waals surface area contributed by atoms with Gasteiger partial charge in [0, 0.05) is 16.6 Å². The monoisotopic (exact) mass is 397 g/mol. The van der Waals surface area contributed by atoms with Crippen LogP contribution >= 0.6 is 23.8 Å². The van der Waals surface area contributed by atoms with Gasteiger partial charge in [-0.15, -0.1) is 0 Å². The molecule has 2 heterocycles. The lowest BCUT2D eigenvalue weighted by Crippen LogP contribution is -2.40. The molecular formula is C16H16ClN3O3S2. The molecule has 0 amide bonds. The summed E-state index contributed by atoms with van der Waals surface area (Å²) < 4.78 is 28.5. The molecule has 2 N–H and O–H groups in total. The smallest absolute Gasteiger partial charge is 0.187 e. The first-order valence-corrected chi connectivity index (χ1v) is 10.2. The molecule has 9 heteroatoms. The van der Waals surface area contributed by atoms with Crippen LogP contribution in [0.25, 0.3) is 11.3 Å². The van der Waals surface area contributed by atoms with E-state index in [1.54, 1.807) is 12.1 Å². The summed E-state index contributed by atoms with van der Waals surface area (Å²) in [6, 6.07) is 10.8. The van der Waals surface area contributed by atoms with Crippen LogP contribution in [0.4, 0.5) is 0 Å². The molecule has 25 heavy (non-hydrogen) atoms. The number of nitrogens with one attached hydrogen (secondary N) is 2. The number of thiocarbonyl (C=S) groups is 1. The minimum Gasteiger partial charge on any atom is -0.455 e. The van der Waals surface area contributed by atoms with E-state index in [-0.39, 0.29) is 22.7 Å². The molecule has 132 valence electrons. The standard InChI is InChI=1S/C16H16ClN3O3S2/c17-12-3-1-2-11(8-12)15-5-4-14(23-15)9-18-20-16(24)19-13-6-7-25(21,22)10-13/h1-5,8-9,13H,6-7,10H2,(H2,19,20,24). The Kier molecular flexibility index (Phi) is 5.41. The zero-order valence-corrected chi connectivity index (χ0v) is 15.5. The highest BCUT2D eigenvalue weighted by atomic mass is 35.5. The van der Waals surface area contributed by atoms with Gasteiger partial charge >= 0.3 is 0 Å². The fraction of sp³-hybridized carbons (Fsp3) is 0.250. The first kappa shape index (κ1) is 17.9. The van der Waals surface area contributed by atoms with Crippen molar-refractivity contribution in [3.8, 4) is 11.3 Å². The molecule has 0 aliphatic carbocycles. The molecular weight excluding hydrogens is 382 g/mol. The molecule has 1 aromatic carbocycles. The van der Waals surface area contributed by atoms with Crippen molar-refractivity contribution in [2.24, 2.45) is 5.10 Å². The second-order valence-electron chi connectivity index (χ2n) is 5.66. The molecule has 3 rings (SSSR count). The molecule has 1 unspecified atom stereocenters. The Hall–Kier alpha value is -1.90. The van der Waals surface area contributed by atoms with E-state index in [1.165, 1.54) is 6.21 Å². The number of furan rings is 1. The largest absolute Gasteiger partial charge is 0.455 e. The summed E-state index contributed by atoms with van der Waals surface area (Å²) in [5.41, 5.74) is 3.53. The molecule has 2 aromatic rings.